The van der Waals surface area contributed by atoms with Crippen LogP contribution in [0.2, 0.25) is 0 Å². The van der Waals surface area contributed by atoms with Crippen LogP contribution in [0, 0.1) is 0 Å². The summed E-state index contributed by atoms with van der Waals surface area (Å²) in [5.41, 5.74) is 1.11. The number of anilines is 1. The summed E-state index contributed by atoms with van der Waals surface area (Å²) in [6.45, 7) is 2.55. The average molecular weight is 245 g/mol. The van der Waals surface area contributed by atoms with Crippen molar-refractivity contribution in [1.82, 2.24) is 9.78 Å². The molecule has 1 aromatic carbocycles. The maximum Gasteiger partial charge on any atom is 0.276 e. The van der Waals surface area contributed by atoms with Crippen LogP contribution >= 0.6 is 0 Å². The number of carbonyl (C=O) groups excluding carboxylic acids is 1. The van der Waals surface area contributed by atoms with Crippen LogP contribution in [0.3, 0.4) is 0 Å². The van der Waals surface area contributed by atoms with E-state index in [4.69, 9.17) is 4.74 Å². The zero-order valence-electron chi connectivity index (χ0n) is 10.4. The summed E-state index contributed by atoms with van der Waals surface area (Å²) < 4.78 is 6.92. The number of benzene rings is 1. The quantitative estimate of drug-likeness (QED) is 0.897. The molecule has 0 atom stereocenters. The fourth-order valence-electron chi connectivity index (χ4n) is 1.53. The number of nitrogens with one attached hydrogen (secondary N) is 1. The van der Waals surface area contributed by atoms with E-state index in [9.17, 15) is 4.79 Å². The van der Waals surface area contributed by atoms with Gasteiger partial charge in [-0.3, -0.25) is 9.48 Å². The van der Waals surface area contributed by atoms with Crippen molar-refractivity contribution in [2.75, 3.05) is 11.9 Å². The minimum Gasteiger partial charge on any atom is -0.494 e. The van der Waals surface area contributed by atoms with E-state index in [1.165, 1.54) is 0 Å². The molecule has 1 N–H and O–H groups in total. The van der Waals surface area contributed by atoms with E-state index in [-0.39, 0.29) is 5.91 Å². The predicted molar refractivity (Wildman–Crippen MR) is 68.8 cm³/mol. The first-order valence-electron chi connectivity index (χ1n) is 5.73. The molecule has 0 saturated heterocycles. The lowest BCUT2D eigenvalue weighted by atomic mass is 10.3. The van der Waals surface area contributed by atoms with Crippen LogP contribution in [0.1, 0.15) is 17.4 Å². The van der Waals surface area contributed by atoms with E-state index in [0.29, 0.717) is 18.0 Å². The molecule has 2 aromatic rings. The van der Waals surface area contributed by atoms with Crippen LogP contribution in [0.4, 0.5) is 5.69 Å². The van der Waals surface area contributed by atoms with Gasteiger partial charge in [0.2, 0.25) is 0 Å². The normalized spacial score (nSPS) is 10.1. The second-order valence-electron chi connectivity index (χ2n) is 3.79. The summed E-state index contributed by atoms with van der Waals surface area (Å²) in [5.74, 6) is 0.563. The first-order valence-corrected chi connectivity index (χ1v) is 5.73. The van der Waals surface area contributed by atoms with Crippen molar-refractivity contribution in [3.05, 3.63) is 42.2 Å². The molecule has 1 aromatic heterocycles. The fraction of sp³-hybridized carbons (Fsp3) is 0.231. The van der Waals surface area contributed by atoms with Gasteiger partial charge >= 0.3 is 0 Å². The minimum absolute atomic E-state index is 0.222. The Labute approximate surface area is 105 Å². The second-order valence-corrected chi connectivity index (χ2v) is 3.79. The number of ether oxygens (including phenoxy) is 1. The van der Waals surface area contributed by atoms with Gasteiger partial charge in [-0.25, -0.2) is 0 Å². The molecule has 0 aliphatic heterocycles. The van der Waals surface area contributed by atoms with E-state index in [1.54, 1.807) is 36.1 Å². The molecule has 0 aliphatic rings. The Morgan fingerprint density at radius 2 is 2.06 bits per heavy atom. The molecule has 1 heterocycles. The molecule has 2 rings (SSSR count). The zero-order chi connectivity index (χ0) is 13.0. The van der Waals surface area contributed by atoms with Crippen LogP contribution in [0.5, 0.6) is 5.75 Å². The van der Waals surface area contributed by atoms with Crippen molar-refractivity contribution < 1.29 is 9.53 Å². The van der Waals surface area contributed by atoms with Crippen molar-refractivity contribution in [2.24, 2.45) is 7.05 Å². The van der Waals surface area contributed by atoms with Gasteiger partial charge in [0.15, 0.2) is 5.69 Å². The first-order chi connectivity index (χ1) is 8.69. The van der Waals surface area contributed by atoms with Crippen molar-refractivity contribution >= 4 is 11.6 Å². The lowest BCUT2D eigenvalue weighted by molar-refractivity contribution is 0.102. The van der Waals surface area contributed by atoms with Crippen molar-refractivity contribution in [3.63, 3.8) is 0 Å². The molecule has 5 nitrogen and oxygen atoms in total. The lowest BCUT2D eigenvalue weighted by Crippen LogP contribution is -2.12. The van der Waals surface area contributed by atoms with Gasteiger partial charge in [0.25, 0.3) is 5.91 Å². The Bertz CT molecular complexity index is 531. The van der Waals surface area contributed by atoms with Crippen LogP contribution in [0.25, 0.3) is 0 Å². The van der Waals surface area contributed by atoms with Crippen molar-refractivity contribution in [1.29, 1.82) is 0 Å². The monoisotopic (exact) mass is 245 g/mol. The maximum atomic E-state index is 11.8. The van der Waals surface area contributed by atoms with Gasteiger partial charge in [-0.2, -0.15) is 5.10 Å². The molecule has 0 bridgehead atoms. The third kappa shape index (κ3) is 2.88. The van der Waals surface area contributed by atoms with Gasteiger partial charge in [0.05, 0.1) is 6.61 Å². The van der Waals surface area contributed by atoms with E-state index in [0.717, 1.165) is 5.75 Å². The summed E-state index contributed by atoms with van der Waals surface area (Å²) in [5, 5.41) is 6.80. The van der Waals surface area contributed by atoms with E-state index < -0.39 is 0 Å². The zero-order valence-corrected chi connectivity index (χ0v) is 10.4. The highest BCUT2D eigenvalue weighted by atomic mass is 16.5. The molecular weight excluding hydrogens is 230 g/mol. The summed E-state index contributed by atoms with van der Waals surface area (Å²) >= 11 is 0. The van der Waals surface area contributed by atoms with Gasteiger partial charge in [-0.1, -0.05) is 0 Å². The van der Waals surface area contributed by atoms with E-state index in [1.807, 2.05) is 19.1 Å². The Morgan fingerprint density at radius 1 is 1.33 bits per heavy atom. The van der Waals surface area contributed by atoms with Gasteiger partial charge in [-0.15, -0.1) is 0 Å². The second kappa shape index (κ2) is 5.35. The van der Waals surface area contributed by atoms with Gasteiger partial charge in [0.1, 0.15) is 5.75 Å². The Kier molecular flexibility index (Phi) is 3.62. The molecule has 0 aliphatic carbocycles. The van der Waals surface area contributed by atoms with Crippen LogP contribution < -0.4 is 10.1 Å². The molecule has 0 unspecified atom stereocenters. The maximum absolute atomic E-state index is 11.8. The number of aromatic nitrogens is 2. The molecule has 0 spiro atoms. The predicted octanol–water partition coefficient (Wildman–Crippen LogP) is 2.07. The number of aryl methyl sites for hydroxylation is 1. The van der Waals surface area contributed by atoms with E-state index >= 15 is 0 Å². The standard InChI is InChI=1S/C13H15N3O2/c1-3-18-11-6-4-10(5-7-11)14-13(17)12-8-9-16(2)15-12/h4-9H,3H2,1-2H3,(H,14,17). The highest BCUT2D eigenvalue weighted by Crippen LogP contribution is 2.16. The summed E-state index contributed by atoms with van der Waals surface area (Å²) in [6.07, 6.45) is 1.73. The van der Waals surface area contributed by atoms with Crippen molar-refractivity contribution in [3.8, 4) is 5.75 Å². The topological polar surface area (TPSA) is 56.1 Å². The number of nitrogens with zero attached hydrogens (tertiary/aromatic N) is 2. The average Bonchev–Trinajstić information content (AvgIpc) is 2.79. The third-order valence-corrected chi connectivity index (χ3v) is 2.37. The largest absolute Gasteiger partial charge is 0.494 e. The molecule has 0 fully saturated rings. The summed E-state index contributed by atoms with van der Waals surface area (Å²) in [4.78, 5) is 11.8. The fourth-order valence-corrected chi connectivity index (χ4v) is 1.53. The number of hydrogen-bond donors (Lipinski definition) is 1. The van der Waals surface area contributed by atoms with Gasteiger partial charge in [0, 0.05) is 18.9 Å². The summed E-state index contributed by atoms with van der Waals surface area (Å²) in [6, 6.07) is 8.90. The van der Waals surface area contributed by atoms with Crippen LogP contribution in [-0.2, 0) is 7.05 Å². The molecule has 1 amide bonds. The van der Waals surface area contributed by atoms with E-state index in [2.05, 4.69) is 10.4 Å². The third-order valence-electron chi connectivity index (χ3n) is 2.37. The van der Waals surface area contributed by atoms with Crippen molar-refractivity contribution in [2.45, 2.75) is 6.92 Å². The first kappa shape index (κ1) is 12.2. The van der Waals surface area contributed by atoms with Crippen LogP contribution in [-0.4, -0.2) is 22.3 Å². The number of carbonyl (C=O) groups is 1. The molecule has 0 radical (unpaired) electrons. The Balaban J connectivity index is 2.03. The number of amides is 1. The Hall–Kier alpha value is -2.30. The smallest absolute Gasteiger partial charge is 0.276 e. The molecule has 0 saturated carbocycles. The summed E-state index contributed by atoms with van der Waals surface area (Å²) in [7, 11) is 1.77. The number of hydrogen-bond acceptors (Lipinski definition) is 3. The molecule has 5 heteroatoms. The SMILES string of the molecule is CCOc1ccc(NC(=O)c2ccn(C)n2)cc1. The molecule has 94 valence electrons. The lowest BCUT2D eigenvalue weighted by Gasteiger charge is -2.05. The van der Waals surface area contributed by atoms with Crippen LogP contribution in [0.15, 0.2) is 36.5 Å². The highest BCUT2D eigenvalue weighted by Gasteiger charge is 2.08. The minimum atomic E-state index is -0.222. The number of rotatable bonds is 4. The van der Waals surface area contributed by atoms with Gasteiger partial charge in [-0.05, 0) is 37.3 Å². The molecular formula is C13H15N3O2. The highest BCUT2D eigenvalue weighted by molar-refractivity contribution is 6.02. The van der Waals surface area contributed by atoms with Gasteiger partial charge < -0.3 is 10.1 Å². The Morgan fingerprint density at radius 3 is 2.61 bits per heavy atom. The molecule has 18 heavy (non-hydrogen) atoms.